The maximum absolute atomic E-state index is 12.2. The van der Waals surface area contributed by atoms with Crippen LogP contribution in [0.5, 0.6) is 0 Å². The molecule has 0 aromatic rings. The Morgan fingerprint density at radius 2 is 1.72 bits per heavy atom. The molecule has 0 saturated heterocycles. The molecule has 0 aromatic heterocycles. The fourth-order valence-corrected chi connectivity index (χ4v) is 3.23. The first kappa shape index (κ1) is 21.5. The van der Waals surface area contributed by atoms with Crippen molar-refractivity contribution in [3.05, 3.63) is 0 Å². The van der Waals surface area contributed by atoms with Crippen LogP contribution >= 0.6 is 0 Å². The molecular formula is C19H34N2O4. The van der Waals surface area contributed by atoms with Gasteiger partial charge in [-0.3, -0.25) is 14.4 Å². The Kier molecular flexibility index (Phi) is 8.93. The fourth-order valence-electron chi connectivity index (χ4n) is 3.23. The van der Waals surface area contributed by atoms with Gasteiger partial charge in [0.1, 0.15) is 0 Å². The molecule has 25 heavy (non-hydrogen) atoms. The number of rotatable bonds is 9. The number of nitrogens with one attached hydrogen (secondary N) is 2. The summed E-state index contributed by atoms with van der Waals surface area (Å²) in [7, 11) is 0. The van der Waals surface area contributed by atoms with E-state index in [1.165, 1.54) is 32.1 Å². The van der Waals surface area contributed by atoms with Crippen molar-refractivity contribution in [2.24, 2.45) is 11.3 Å². The highest BCUT2D eigenvalue weighted by atomic mass is 16.4. The van der Waals surface area contributed by atoms with Crippen LogP contribution in [-0.4, -0.2) is 35.5 Å². The molecule has 0 heterocycles. The molecule has 3 N–H and O–H groups in total. The van der Waals surface area contributed by atoms with Crippen molar-refractivity contribution in [2.45, 2.75) is 84.6 Å². The first-order valence-electron chi connectivity index (χ1n) is 9.48. The molecule has 6 heteroatoms. The van der Waals surface area contributed by atoms with Crippen LogP contribution in [0.4, 0.5) is 0 Å². The summed E-state index contributed by atoms with van der Waals surface area (Å²) in [4.78, 5) is 34.8. The largest absolute Gasteiger partial charge is 0.481 e. The number of carbonyl (C=O) groups excluding carboxylic acids is 2. The molecule has 0 spiro atoms. The SMILES string of the molecule is CC(C)(C)C(=O)NCCC(=O)NC(CCC(=O)O)CC1CCCCC1. The van der Waals surface area contributed by atoms with Crippen LogP contribution in [0, 0.1) is 11.3 Å². The summed E-state index contributed by atoms with van der Waals surface area (Å²) in [6.45, 7) is 5.79. The summed E-state index contributed by atoms with van der Waals surface area (Å²) in [6.07, 6.45) is 7.66. The summed E-state index contributed by atoms with van der Waals surface area (Å²) in [5.74, 6) is -0.459. The molecule has 1 aliphatic rings. The van der Waals surface area contributed by atoms with Crippen LogP contribution < -0.4 is 10.6 Å². The highest BCUT2D eigenvalue weighted by Gasteiger charge is 2.22. The van der Waals surface area contributed by atoms with Crippen LogP contribution in [0.25, 0.3) is 0 Å². The van der Waals surface area contributed by atoms with E-state index in [-0.39, 0.29) is 30.7 Å². The minimum Gasteiger partial charge on any atom is -0.481 e. The van der Waals surface area contributed by atoms with Gasteiger partial charge in [-0.15, -0.1) is 0 Å². The highest BCUT2D eigenvalue weighted by Crippen LogP contribution is 2.28. The zero-order valence-corrected chi connectivity index (χ0v) is 15.9. The third-order valence-corrected chi connectivity index (χ3v) is 4.73. The van der Waals surface area contributed by atoms with E-state index < -0.39 is 11.4 Å². The molecule has 1 unspecified atom stereocenters. The summed E-state index contributed by atoms with van der Waals surface area (Å²) in [6, 6.07) is -0.0926. The molecule has 1 rings (SSSR count). The molecule has 1 aliphatic carbocycles. The molecule has 1 atom stereocenters. The second kappa shape index (κ2) is 10.4. The lowest BCUT2D eigenvalue weighted by Gasteiger charge is -2.27. The molecule has 1 saturated carbocycles. The van der Waals surface area contributed by atoms with E-state index in [0.29, 0.717) is 18.9 Å². The first-order chi connectivity index (χ1) is 11.7. The monoisotopic (exact) mass is 354 g/mol. The van der Waals surface area contributed by atoms with Gasteiger partial charge in [-0.1, -0.05) is 52.9 Å². The Labute approximate surface area is 151 Å². The summed E-state index contributed by atoms with van der Waals surface area (Å²) >= 11 is 0. The van der Waals surface area contributed by atoms with Gasteiger partial charge < -0.3 is 15.7 Å². The molecule has 2 amide bonds. The van der Waals surface area contributed by atoms with E-state index in [0.717, 1.165) is 6.42 Å². The van der Waals surface area contributed by atoms with E-state index in [9.17, 15) is 14.4 Å². The Morgan fingerprint density at radius 1 is 1.08 bits per heavy atom. The number of amides is 2. The molecule has 6 nitrogen and oxygen atoms in total. The lowest BCUT2D eigenvalue weighted by molar-refractivity contribution is -0.137. The third kappa shape index (κ3) is 9.46. The summed E-state index contributed by atoms with van der Waals surface area (Å²) in [5.41, 5.74) is -0.471. The van der Waals surface area contributed by atoms with E-state index in [4.69, 9.17) is 5.11 Å². The van der Waals surface area contributed by atoms with Crippen LogP contribution in [0.1, 0.15) is 78.6 Å². The Hall–Kier alpha value is -1.59. The average Bonchev–Trinajstić information content (AvgIpc) is 2.52. The number of carbonyl (C=O) groups is 3. The minimum absolute atomic E-state index is 0.0679. The smallest absolute Gasteiger partial charge is 0.303 e. The fraction of sp³-hybridized carbons (Fsp3) is 0.842. The predicted molar refractivity (Wildman–Crippen MR) is 97.1 cm³/mol. The first-order valence-corrected chi connectivity index (χ1v) is 9.48. The summed E-state index contributed by atoms with van der Waals surface area (Å²) in [5, 5.41) is 14.7. The van der Waals surface area contributed by atoms with Gasteiger partial charge in [0.15, 0.2) is 0 Å². The van der Waals surface area contributed by atoms with Crippen molar-refractivity contribution >= 4 is 17.8 Å². The molecule has 0 aliphatic heterocycles. The number of carboxylic acid groups (broad SMARTS) is 1. The van der Waals surface area contributed by atoms with Crippen molar-refractivity contribution < 1.29 is 19.5 Å². The zero-order valence-electron chi connectivity index (χ0n) is 15.9. The molecule has 0 bridgehead atoms. The van der Waals surface area contributed by atoms with Crippen molar-refractivity contribution in [2.75, 3.05) is 6.54 Å². The molecular weight excluding hydrogens is 320 g/mol. The quantitative estimate of drug-likeness (QED) is 0.593. The highest BCUT2D eigenvalue weighted by molar-refractivity contribution is 5.82. The maximum atomic E-state index is 12.2. The number of hydrogen-bond acceptors (Lipinski definition) is 3. The molecule has 1 fully saturated rings. The normalized spacial score (nSPS) is 16.9. The second-order valence-electron chi connectivity index (χ2n) is 8.19. The van der Waals surface area contributed by atoms with Gasteiger partial charge in [-0.05, 0) is 18.8 Å². The van der Waals surface area contributed by atoms with Gasteiger partial charge in [0, 0.05) is 30.8 Å². The average molecular weight is 354 g/mol. The standard InChI is InChI=1S/C19H34N2O4/c1-19(2,3)18(25)20-12-11-16(22)21-15(9-10-17(23)24)13-14-7-5-4-6-8-14/h14-15H,4-13H2,1-3H3,(H,20,25)(H,21,22)(H,23,24). The third-order valence-electron chi connectivity index (χ3n) is 4.73. The van der Waals surface area contributed by atoms with E-state index in [2.05, 4.69) is 10.6 Å². The van der Waals surface area contributed by atoms with Crippen LogP contribution in [0.15, 0.2) is 0 Å². The number of carboxylic acids is 1. The van der Waals surface area contributed by atoms with Gasteiger partial charge in [0.2, 0.25) is 11.8 Å². The van der Waals surface area contributed by atoms with Gasteiger partial charge in [0.05, 0.1) is 0 Å². The van der Waals surface area contributed by atoms with Gasteiger partial charge in [-0.2, -0.15) is 0 Å². The second-order valence-corrected chi connectivity index (χ2v) is 8.19. The van der Waals surface area contributed by atoms with Gasteiger partial charge >= 0.3 is 5.97 Å². The Balaban J connectivity index is 2.41. The lowest BCUT2D eigenvalue weighted by Crippen LogP contribution is -2.40. The Morgan fingerprint density at radius 3 is 2.28 bits per heavy atom. The number of hydrogen-bond donors (Lipinski definition) is 3. The summed E-state index contributed by atoms with van der Waals surface area (Å²) < 4.78 is 0. The van der Waals surface area contributed by atoms with Crippen molar-refractivity contribution in [3.63, 3.8) is 0 Å². The van der Waals surface area contributed by atoms with E-state index in [1.54, 1.807) is 0 Å². The van der Waals surface area contributed by atoms with E-state index >= 15 is 0 Å². The molecule has 0 radical (unpaired) electrons. The molecule has 0 aromatic carbocycles. The van der Waals surface area contributed by atoms with Gasteiger partial charge in [-0.25, -0.2) is 0 Å². The predicted octanol–water partition coefficient (Wildman–Crippen LogP) is 2.86. The lowest BCUT2D eigenvalue weighted by atomic mass is 9.84. The van der Waals surface area contributed by atoms with Crippen molar-refractivity contribution in [3.8, 4) is 0 Å². The number of aliphatic carboxylic acids is 1. The minimum atomic E-state index is -0.833. The van der Waals surface area contributed by atoms with Crippen molar-refractivity contribution in [1.82, 2.24) is 10.6 Å². The maximum Gasteiger partial charge on any atom is 0.303 e. The topological polar surface area (TPSA) is 95.5 Å². The van der Waals surface area contributed by atoms with Crippen LogP contribution in [0.3, 0.4) is 0 Å². The van der Waals surface area contributed by atoms with Crippen LogP contribution in [-0.2, 0) is 14.4 Å². The molecule has 144 valence electrons. The van der Waals surface area contributed by atoms with E-state index in [1.807, 2.05) is 20.8 Å². The zero-order chi connectivity index (χ0) is 18.9. The Bertz CT molecular complexity index is 451. The van der Waals surface area contributed by atoms with Crippen molar-refractivity contribution in [1.29, 1.82) is 0 Å². The van der Waals surface area contributed by atoms with Crippen LogP contribution in [0.2, 0.25) is 0 Å². The van der Waals surface area contributed by atoms with Gasteiger partial charge in [0.25, 0.3) is 0 Å².